The average Bonchev–Trinajstić information content (AvgIpc) is 3.38. The van der Waals surface area contributed by atoms with Crippen molar-refractivity contribution in [3.63, 3.8) is 0 Å². The second-order valence-electron chi connectivity index (χ2n) is 6.98. The van der Waals surface area contributed by atoms with Crippen LogP contribution in [0.1, 0.15) is 32.0 Å². The Morgan fingerprint density at radius 1 is 1.27 bits per heavy atom. The summed E-state index contributed by atoms with van der Waals surface area (Å²) in [6.07, 6.45) is 4.49. The summed E-state index contributed by atoms with van der Waals surface area (Å²) in [5.41, 5.74) is 1.63. The number of hydrogen-bond acceptors (Lipinski definition) is 6. The molecular weight excluding hydrogens is 418 g/mol. The highest BCUT2D eigenvalue weighted by Gasteiger charge is 2.17. The summed E-state index contributed by atoms with van der Waals surface area (Å²) in [6.45, 7) is 2.64. The van der Waals surface area contributed by atoms with Crippen molar-refractivity contribution in [3.8, 4) is 0 Å². The van der Waals surface area contributed by atoms with Gasteiger partial charge in [0, 0.05) is 30.0 Å². The number of thioether (sulfide) groups is 1. The molecule has 1 aromatic carbocycles. The SMILES string of the molecule is CCCn1c(=O)c2sccc2n2c(CCCC(=O)Nc3cccc(SC)c3)nnc12. The van der Waals surface area contributed by atoms with Gasteiger partial charge in [0.1, 0.15) is 10.5 Å². The van der Waals surface area contributed by atoms with Crippen LogP contribution in [-0.4, -0.2) is 31.3 Å². The number of benzene rings is 1. The molecule has 9 heteroatoms. The second kappa shape index (κ2) is 9.01. The number of nitrogens with one attached hydrogen (secondary N) is 1. The first-order valence-corrected chi connectivity index (χ1v) is 12.0. The molecule has 0 bridgehead atoms. The maximum absolute atomic E-state index is 12.8. The molecule has 0 aliphatic rings. The Hall–Kier alpha value is -2.65. The topological polar surface area (TPSA) is 81.3 Å². The minimum absolute atomic E-state index is 0.0137. The highest BCUT2D eigenvalue weighted by molar-refractivity contribution is 7.98. The van der Waals surface area contributed by atoms with Crippen LogP contribution in [0.3, 0.4) is 0 Å². The minimum Gasteiger partial charge on any atom is -0.326 e. The molecule has 0 saturated heterocycles. The lowest BCUT2D eigenvalue weighted by Crippen LogP contribution is -2.22. The molecule has 1 N–H and O–H groups in total. The Labute approximate surface area is 182 Å². The second-order valence-corrected chi connectivity index (χ2v) is 8.77. The number of thiophene rings is 1. The molecule has 0 spiro atoms. The van der Waals surface area contributed by atoms with Gasteiger partial charge in [-0.3, -0.25) is 18.6 Å². The van der Waals surface area contributed by atoms with Gasteiger partial charge in [0.25, 0.3) is 5.56 Å². The normalized spacial score (nSPS) is 11.4. The number of anilines is 1. The Morgan fingerprint density at radius 3 is 2.93 bits per heavy atom. The molecule has 0 aliphatic heterocycles. The van der Waals surface area contributed by atoms with Crippen LogP contribution in [0.15, 0.2) is 45.4 Å². The first-order chi connectivity index (χ1) is 14.6. The molecule has 3 heterocycles. The molecule has 0 aliphatic carbocycles. The van der Waals surface area contributed by atoms with Gasteiger partial charge in [0.15, 0.2) is 0 Å². The maximum Gasteiger partial charge on any atom is 0.272 e. The largest absolute Gasteiger partial charge is 0.326 e. The molecule has 30 heavy (non-hydrogen) atoms. The lowest BCUT2D eigenvalue weighted by Gasteiger charge is -2.08. The van der Waals surface area contributed by atoms with Crippen LogP contribution in [0.25, 0.3) is 16.0 Å². The summed E-state index contributed by atoms with van der Waals surface area (Å²) in [5.74, 6) is 1.32. The van der Waals surface area contributed by atoms with E-state index in [4.69, 9.17) is 0 Å². The molecule has 3 aromatic heterocycles. The van der Waals surface area contributed by atoms with E-state index >= 15 is 0 Å². The van der Waals surface area contributed by atoms with Gasteiger partial charge in [0.05, 0.1) is 5.52 Å². The first-order valence-electron chi connectivity index (χ1n) is 9.90. The van der Waals surface area contributed by atoms with Gasteiger partial charge in [-0.05, 0) is 48.7 Å². The van der Waals surface area contributed by atoms with Crippen LogP contribution in [0.2, 0.25) is 0 Å². The molecule has 4 aromatic rings. The van der Waals surface area contributed by atoms with Gasteiger partial charge >= 0.3 is 0 Å². The third-order valence-electron chi connectivity index (χ3n) is 4.88. The van der Waals surface area contributed by atoms with E-state index in [1.807, 2.05) is 53.3 Å². The zero-order valence-corrected chi connectivity index (χ0v) is 18.6. The van der Waals surface area contributed by atoms with Gasteiger partial charge in [-0.25, -0.2) is 0 Å². The molecule has 0 saturated carbocycles. The van der Waals surface area contributed by atoms with Crippen molar-refractivity contribution in [2.24, 2.45) is 0 Å². The number of hydrogen-bond donors (Lipinski definition) is 1. The Kier molecular flexibility index (Phi) is 6.19. The summed E-state index contributed by atoms with van der Waals surface area (Å²) in [7, 11) is 0. The average molecular weight is 442 g/mol. The summed E-state index contributed by atoms with van der Waals surface area (Å²) in [6, 6.07) is 9.74. The standard InChI is InChI=1S/C21H23N5O2S2/c1-3-11-25-20(28)19-16(10-12-30-19)26-17(23-24-21(25)26)8-5-9-18(27)22-14-6-4-7-15(13-14)29-2/h4,6-7,10,12-13H,3,5,8-9,11H2,1-2H3,(H,22,27). The molecule has 7 nitrogen and oxygen atoms in total. The van der Waals surface area contributed by atoms with Crippen LogP contribution < -0.4 is 10.9 Å². The number of carbonyl (C=O) groups excluding carboxylic acids is 1. The fourth-order valence-electron chi connectivity index (χ4n) is 3.50. The summed E-state index contributed by atoms with van der Waals surface area (Å²) >= 11 is 3.08. The van der Waals surface area contributed by atoms with Crippen molar-refractivity contribution in [2.45, 2.75) is 44.0 Å². The van der Waals surface area contributed by atoms with Gasteiger partial charge in [-0.1, -0.05) is 13.0 Å². The van der Waals surface area contributed by atoms with Gasteiger partial charge in [0.2, 0.25) is 11.7 Å². The lowest BCUT2D eigenvalue weighted by molar-refractivity contribution is -0.116. The third-order valence-corrected chi connectivity index (χ3v) is 6.50. The van der Waals surface area contributed by atoms with Crippen LogP contribution in [-0.2, 0) is 17.8 Å². The van der Waals surface area contributed by atoms with Crippen molar-refractivity contribution < 1.29 is 4.79 Å². The molecule has 0 atom stereocenters. The van der Waals surface area contributed by atoms with Crippen molar-refractivity contribution in [3.05, 3.63) is 51.9 Å². The van der Waals surface area contributed by atoms with E-state index in [1.54, 1.807) is 16.3 Å². The van der Waals surface area contributed by atoms with E-state index in [0.717, 1.165) is 28.3 Å². The van der Waals surface area contributed by atoms with Crippen LogP contribution >= 0.6 is 23.1 Å². The van der Waals surface area contributed by atoms with Crippen molar-refractivity contribution >= 4 is 50.7 Å². The molecule has 4 rings (SSSR count). The Morgan fingerprint density at radius 2 is 2.13 bits per heavy atom. The van der Waals surface area contributed by atoms with Crippen molar-refractivity contribution in [1.29, 1.82) is 0 Å². The quantitative estimate of drug-likeness (QED) is 0.415. The minimum atomic E-state index is -0.0226. The monoisotopic (exact) mass is 441 g/mol. The van der Waals surface area contributed by atoms with Crippen LogP contribution in [0, 0.1) is 0 Å². The number of aromatic nitrogens is 4. The Bertz CT molecular complexity index is 1260. The summed E-state index contributed by atoms with van der Waals surface area (Å²) in [4.78, 5) is 26.2. The number of amides is 1. The zero-order valence-electron chi connectivity index (χ0n) is 16.9. The maximum atomic E-state index is 12.8. The molecule has 156 valence electrons. The third kappa shape index (κ3) is 3.99. The zero-order chi connectivity index (χ0) is 21.1. The lowest BCUT2D eigenvalue weighted by atomic mass is 10.2. The summed E-state index contributed by atoms with van der Waals surface area (Å²) in [5, 5.41) is 13.5. The molecule has 0 fully saturated rings. The number of rotatable bonds is 8. The molecule has 0 unspecified atom stereocenters. The highest BCUT2D eigenvalue weighted by atomic mass is 32.2. The number of fused-ring (bicyclic) bond motifs is 3. The predicted octanol–water partition coefficient (Wildman–Crippen LogP) is 4.20. The Balaban J connectivity index is 1.50. The highest BCUT2D eigenvalue weighted by Crippen LogP contribution is 2.21. The molecular formula is C21H23N5O2S2. The van der Waals surface area contributed by atoms with Crippen LogP contribution in [0.5, 0.6) is 0 Å². The van der Waals surface area contributed by atoms with Crippen LogP contribution in [0.4, 0.5) is 5.69 Å². The van der Waals surface area contributed by atoms with E-state index in [9.17, 15) is 9.59 Å². The van der Waals surface area contributed by atoms with Crippen molar-refractivity contribution in [2.75, 3.05) is 11.6 Å². The van der Waals surface area contributed by atoms with Gasteiger partial charge < -0.3 is 5.32 Å². The van der Waals surface area contributed by atoms with E-state index < -0.39 is 0 Å². The fourth-order valence-corrected chi connectivity index (χ4v) is 4.78. The molecule has 0 radical (unpaired) electrons. The van der Waals surface area contributed by atoms with Gasteiger partial charge in [-0.2, -0.15) is 0 Å². The fraction of sp³-hybridized carbons (Fsp3) is 0.333. The predicted molar refractivity (Wildman–Crippen MR) is 123 cm³/mol. The van der Waals surface area contributed by atoms with E-state index in [0.29, 0.717) is 36.3 Å². The van der Waals surface area contributed by atoms with E-state index in [1.165, 1.54) is 11.3 Å². The number of carbonyl (C=O) groups is 1. The van der Waals surface area contributed by atoms with E-state index in [2.05, 4.69) is 15.5 Å². The molecule has 1 amide bonds. The first kappa shape index (κ1) is 20.6. The van der Waals surface area contributed by atoms with Crippen molar-refractivity contribution in [1.82, 2.24) is 19.2 Å². The summed E-state index contributed by atoms with van der Waals surface area (Å²) < 4.78 is 4.37. The van der Waals surface area contributed by atoms with E-state index in [-0.39, 0.29) is 11.5 Å². The number of aryl methyl sites for hydroxylation is 2. The smallest absolute Gasteiger partial charge is 0.272 e. The van der Waals surface area contributed by atoms with Gasteiger partial charge in [-0.15, -0.1) is 33.3 Å². The number of nitrogens with zero attached hydrogens (tertiary/aromatic N) is 4.